The number of rotatable bonds is 7. The summed E-state index contributed by atoms with van der Waals surface area (Å²) in [4.78, 5) is 2.28. The zero-order chi connectivity index (χ0) is 14.8. The second-order valence-electron chi connectivity index (χ2n) is 6.65. The standard InChI is InChI=1S/C17H28N2O/c1-13-9-14(2)11-16(10-13)19(4)8-7-17(3,12-20)18-15-5-6-15/h9-11,15,18,20H,5-8,12H2,1-4H3. The summed E-state index contributed by atoms with van der Waals surface area (Å²) in [5, 5.41) is 13.2. The van der Waals surface area contributed by atoms with Gasteiger partial charge in [-0.2, -0.15) is 0 Å². The first-order valence-electron chi connectivity index (χ1n) is 7.60. The number of anilines is 1. The van der Waals surface area contributed by atoms with E-state index in [9.17, 15) is 5.11 Å². The van der Waals surface area contributed by atoms with Crippen molar-refractivity contribution >= 4 is 5.69 Å². The Morgan fingerprint density at radius 2 is 1.85 bits per heavy atom. The van der Waals surface area contributed by atoms with Crippen LogP contribution in [0.2, 0.25) is 0 Å². The minimum absolute atomic E-state index is 0.158. The highest BCUT2D eigenvalue weighted by atomic mass is 16.3. The Labute approximate surface area is 123 Å². The second kappa shape index (κ2) is 6.15. The number of aliphatic hydroxyl groups excluding tert-OH is 1. The van der Waals surface area contributed by atoms with Gasteiger partial charge in [0.2, 0.25) is 0 Å². The van der Waals surface area contributed by atoms with Gasteiger partial charge in [-0.1, -0.05) is 6.07 Å². The van der Waals surface area contributed by atoms with Crippen LogP contribution in [0.3, 0.4) is 0 Å². The van der Waals surface area contributed by atoms with Crippen LogP contribution in [-0.4, -0.2) is 36.9 Å². The topological polar surface area (TPSA) is 35.5 Å². The third kappa shape index (κ3) is 4.22. The molecule has 1 fully saturated rings. The van der Waals surface area contributed by atoms with Gasteiger partial charge >= 0.3 is 0 Å². The summed E-state index contributed by atoms with van der Waals surface area (Å²) in [5.41, 5.74) is 3.70. The maximum Gasteiger partial charge on any atom is 0.0611 e. The van der Waals surface area contributed by atoms with Crippen molar-refractivity contribution in [2.24, 2.45) is 0 Å². The molecule has 0 bridgehead atoms. The number of nitrogens with one attached hydrogen (secondary N) is 1. The van der Waals surface area contributed by atoms with Crippen LogP contribution in [0.25, 0.3) is 0 Å². The summed E-state index contributed by atoms with van der Waals surface area (Å²) in [5.74, 6) is 0. The predicted molar refractivity (Wildman–Crippen MR) is 85.5 cm³/mol. The van der Waals surface area contributed by atoms with Gasteiger partial charge < -0.3 is 15.3 Å². The summed E-state index contributed by atoms with van der Waals surface area (Å²) >= 11 is 0. The first-order chi connectivity index (χ1) is 9.42. The van der Waals surface area contributed by atoms with E-state index in [1.807, 2.05) is 0 Å². The molecular weight excluding hydrogens is 248 g/mol. The van der Waals surface area contributed by atoms with Gasteiger partial charge in [-0.05, 0) is 63.3 Å². The number of aliphatic hydroxyl groups is 1. The van der Waals surface area contributed by atoms with E-state index < -0.39 is 0 Å². The average Bonchev–Trinajstić information content (AvgIpc) is 3.18. The minimum atomic E-state index is -0.158. The summed E-state index contributed by atoms with van der Waals surface area (Å²) in [6.45, 7) is 7.54. The van der Waals surface area contributed by atoms with E-state index in [2.05, 4.69) is 56.2 Å². The highest BCUT2D eigenvalue weighted by Crippen LogP contribution is 2.25. The Morgan fingerprint density at radius 3 is 2.35 bits per heavy atom. The van der Waals surface area contributed by atoms with Gasteiger partial charge in [0.1, 0.15) is 0 Å². The lowest BCUT2D eigenvalue weighted by molar-refractivity contribution is 0.165. The molecular formula is C17H28N2O. The van der Waals surface area contributed by atoms with Crippen molar-refractivity contribution in [2.75, 3.05) is 25.1 Å². The van der Waals surface area contributed by atoms with Crippen molar-refractivity contribution in [3.63, 3.8) is 0 Å². The summed E-state index contributed by atoms with van der Waals surface area (Å²) in [6, 6.07) is 7.26. The number of nitrogens with zero attached hydrogens (tertiary/aromatic N) is 1. The van der Waals surface area contributed by atoms with Gasteiger partial charge in [0.15, 0.2) is 0 Å². The molecule has 0 aromatic heterocycles. The molecule has 112 valence electrons. The van der Waals surface area contributed by atoms with Crippen LogP contribution in [0.4, 0.5) is 5.69 Å². The lowest BCUT2D eigenvalue weighted by Crippen LogP contribution is -2.48. The third-order valence-corrected chi connectivity index (χ3v) is 4.13. The molecule has 0 aliphatic heterocycles. The molecule has 1 aromatic carbocycles. The highest BCUT2D eigenvalue weighted by molar-refractivity contribution is 5.50. The monoisotopic (exact) mass is 276 g/mol. The van der Waals surface area contributed by atoms with E-state index in [1.54, 1.807) is 0 Å². The van der Waals surface area contributed by atoms with Gasteiger partial charge in [0, 0.05) is 30.9 Å². The Bertz CT molecular complexity index is 436. The Kier molecular flexibility index (Phi) is 4.71. The Morgan fingerprint density at radius 1 is 1.25 bits per heavy atom. The molecule has 1 aliphatic rings. The lowest BCUT2D eigenvalue weighted by Gasteiger charge is -2.32. The van der Waals surface area contributed by atoms with Crippen LogP contribution >= 0.6 is 0 Å². The van der Waals surface area contributed by atoms with E-state index in [1.165, 1.54) is 29.7 Å². The molecule has 0 spiro atoms. The number of benzene rings is 1. The van der Waals surface area contributed by atoms with Gasteiger partial charge in [-0.3, -0.25) is 0 Å². The average molecular weight is 276 g/mol. The van der Waals surface area contributed by atoms with Crippen molar-refractivity contribution in [3.8, 4) is 0 Å². The molecule has 1 unspecified atom stereocenters. The molecule has 1 aromatic rings. The quantitative estimate of drug-likeness (QED) is 0.803. The first kappa shape index (κ1) is 15.3. The SMILES string of the molecule is Cc1cc(C)cc(N(C)CCC(C)(CO)NC2CC2)c1. The molecule has 0 radical (unpaired) electrons. The number of hydrogen-bond acceptors (Lipinski definition) is 3. The minimum Gasteiger partial charge on any atom is -0.394 e. The van der Waals surface area contributed by atoms with Gasteiger partial charge in [0.05, 0.1) is 6.61 Å². The predicted octanol–water partition coefficient (Wildman–Crippen LogP) is 2.63. The maximum absolute atomic E-state index is 9.65. The van der Waals surface area contributed by atoms with Crippen LogP contribution in [0.5, 0.6) is 0 Å². The normalized spacial score (nSPS) is 17.9. The van der Waals surface area contributed by atoms with Crippen LogP contribution < -0.4 is 10.2 Å². The molecule has 0 heterocycles. The summed E-state index contributed by atoms with van der Waals surface area (Å²) in [7, 11) is 2.13. The zero-order valence-electron chi connectivity index (χ0n) is 13.2. The fourth-order valence-corrected chi connectivity index (χ4v) is 2.63. The third-order valence-electron chi connectivity index (χ3n) is 4.13. The van der Waals surface area contributed by atoms with E-state index in [0.29, 0.717) is 6.04 Å². The molecule has 3 heteroatoms. The van der Waals surface area contributed by atoms with Crippen molar-refractivity contribution in [3.05, 3.63) is 29.3 Å². The van der Waals surface area contributed by atoms with Crippen LogP contribution in [-0.2, 0) is 0 Å². The molecule has 2 N–H and O–H groups in total. The summed E-state index contributed by atoms with van der Waals surface area (Å²) in [6.07, 6.45) is 3.45. The van der Waals surface area contributed by atoms with Gasteiger partial charge in [-0.25, -0.2) is 0 Å². The summed E-state index contributed by atoms with van der Waals surface area (Å²) < 4.78 is 0. The molecule has 3 nitrogen and oxygen atoms in total. The van der Waals surface area contributed by atoms with E-state index >= 15 is 0 Å². The van der Waals surface area contributed by atoms with Crippen molar-refractivity contribution in [1.29, 1.82) is 0 Å². The van der Waals surface area contributed by atoms with Crippen LogP contribution in [0.15, 0.2) is 18.2 Å². The fourth-order valence-electron chi connectivity index (χ4n) is 2.63. The largest absolute Gasteiger partial charge is 0.394 e. The van der Waals surface area contributed by atoms with Crippen molar-refractivity contribution in [2.45, 2.75) is 51.6 Å². The van der Waals surface area contributed by atoms with E-state index in [4.69, 9.17) is 0 Å². The zero-order valence-corrected chi connectivity index (χ0v) is 13.2. The molecule has 0 saturated heterocycles. The number of hydrogen-bond donors (Lipinski definition) is 2. The Hall–Kier alpha value is -1.06. The second-order valence-corrected chi connectivity index (χ2v) is 6.65. The van der Waals surface area contributed by atoms with Crippen molar-refractivity contribution < 1.29 is 5.11 Å². The number of aryl methyl sites for hydroxylation is 2. The molecule has 2 rings (SSSR count). The maximum atomic E-state index is 9.65. The first-order valence-corrected chi connectivity index (χ1v) is 7.60. The van der Waals surface area contributed by atoms with Crippen LogP contribution in [0.1, 0.15) is 37.3 Å². The van der Waals surface area contributed by atoms with E-state index in [0.717, 1.165) is 13.0 Å². The van der Waals surface area contributed by atoms with Crippen molar-refractivity contribution in [1.82, 2.24) is 5.32 Å². The molecule has 1 saturated carbocycles. The molecule has 20 heavy (non-hydrogen) atoms. The molecule has 0 amide bonds. The molecule has 1 atom stereocenters. The highest BCUT2D eigenvalue weighted by Gasteiger charge is 2.31. The lowest BCUT2D eigenvalue weighted by atomic mass is 9.98. The van der Waals surface area contributed by atoms with Crippen LogP contribution in [0, 0.1) is 13.8 Å². The Balaban J connectivity index is 1.94. The smallest absolute Gasteiger partial charge is 0.0611 e. The van der Waals surface area contributed by atoms with E-state index in [-0.39, 0.29) is 12.1 Å². The molecule has 1 aliphatic carbocycles. The van der Waals surface area contributed by atoms with Gasteiger partial charge in [0.25, 0.3) is 0 Å². The fraction of sp³-hybridized carbons (Fsp3) is 0.647. The van der Waals surface area contributed by atoms with Gasteiger partial charge in [-0.15, -0.1) is 0 Å².